The quantitative estimate of drug-likeness (QED) is 0.650. The van der Waals surface area contributed by atoms with Gasteiger partial charge in [-0.25, -0.2) is 0 Å². The van der Waals surface area contributed by atoms with Crippen LogP contribution in [0, 0.1) is 0 Å². The van der Waals surface area contributed by atoms with E-state index in [1.807, 2.05) is 60.7 Å². The molecule has 2 N–H and O–H groups in total. The van der Waals surface area contributed by atoms with Crippen LogP contribution in [0.15, 0.2) is 60.7 Å². The molecule has 0 unspecified atom stereocenters. The molecule has 5 nitrogen and oxygen atoms in total. The van der Waals surface area contributed by atoms with Gasteiger partial charge in [-0.1, -0.05) is 60.7 Å². The minimum atomic E-state index is -0.896. The van der Waals surface area contributed by atoms with Crippen LogP contribution in [0.5, 0.6) is 0 Å². The highest BCUT2D eigenvalue weighted by Gasteiger charge is 2.19. The summed E-state index contributed by atoms with van der Waals surface area (Å²) in [6.45, 7) is 0.442. The topological polar surface area (TPSA) is 75.6 Å². The number of carboxylic acid groups (broad SMARTS) is 1. The fourth-order valence-electron chi connectivity index (χ4n) is 2.44. The third-order valence-electron chi connectivity index (χ3n) is 3.80. The molecular formula is C20H23NO4. The molecule has 0 fully saturated rings. The molecule has 2 aromatic carbocycles. The van der Waals surface area contributed by atoms with Crippen molar-refractivity contribution in [2.45, 2.75) is 31.9 Å². The van der Waals surface area contributed by atoms with Crippen LogP contribution in [-0.4, -0.2) is 29.6 Å². The summed E-state index contributed by atoms with van der Waals surface area (Å²) in [4.78, 5) is 23.1. The first-order valence-corrected chi connectivity index (χ1v) is 8.35. The Morgan fingerprint density at radius 1 is 0.960 bits per heavy atom. The van der Waals surface area contributed by atoms with Gasteiger partial charge >= 0.3 is 11.9 Å². The zero-order valence-electron chi connectivity index (χ0n) is 14.1. The van der Waals surface area contributed by atoms with E-state index in [0.29, 0.717) is 12.8 Å². The molecule has 0 amide bonds. The molecule has 25 heavy (non-hydrogen) atoms. The van der Waals surface area contributed by atoms with Gasteiger partial charge in [0.05, 0.1) is 6.42 Å². The van der Waals surface area contributed by atoms with Gasteiger partial charge in [0, 0.05) is 6.54 Å². The summed E-state index contributed by atoms with van der Waals surface area (Å²) < 4.78 is 5.39. The first-order chi connectivity index (χ1) is 12.1. The van der Waals surface area contributed by atoms with E-state index in [0.717, 1.165) is 11.1 Å². The summed E-state index contributed by atoms with van der Waals surface area (Å²) in [7, 11) is 0. The molecule has 0 spiro atoms. The average Bonchev–Trinajstić information content (AvgIpc) is 2.64. The van der Waals surface area contributed by atoms with Crippen molar-refractivity contribution in [1.29, 1.82) is 0 Å². The molecule has 0 aromatic heterocycles. The second-order valence-electron chi connectivity index (χ2n) is 5.77. The smallest absolute Gasteiger partial charge is 0.323 e. The minimum Gasteiger partial charge on any atom is -0.481 e. The lowest BCUT2D eigenvalue weighted by atomic mass is 10.1. The van der Waals surface area contributed by atoms with E-state index in [-0.39, 0.29) is 25.5 Å². The number of carbonyl (C=O) groups is 2. The molecule has 0 heterocycles. The maximum atomic E-state index is 12.4. The number of ether oxygens (including phenoxy) is 1. The third kappa shape index (κ3) is 7.18. The molecule has 1 atom stereocenters. The number of hydrogen-bond donors (Lipinski definition) is 2. The number of aliphatic carboxylic acids is 1. The zero-order chi connectivity index (χ0) is 17.9. The lowest BCUT2D eigenvalue weighted by Crippen LogP contribution is -2.39. The molecule has 0 aliphatic rings. The molecule has 0 saturated heterocycles. The predicted octanol–water partition coefficient (Wildman–Crippen LogP) is 2.80. The van der Waals surface area contributed by atoms with Gasteiger partial charge in [-0.3, -0.25) is 9.59 Å². The average molecular weight is 341 g/mol. The van der Waals surface area contributed by atoms with Gasteiger partial charge in [0.15, 0.2) is 0 Å². The molecule has 5 heteroatoms. The van der Waals surface area contributed by atoms with E-state index in [1.165, 1.54) is 0 Å². The van der Waals surface area contributed by atoms with E-state index in [2.05, 4.69) is 5.32 Å². The van der Waals surface area contributed by atoms with Gasteiger partial charge in [-0.2, -0.15) is 0 Å². The SMILES string of the molecule is O=C(O)CCN[C@H](CCc1ccccc1)C(=O)OCc1ccccc1. The van der Waals surface area contributed by atoms with Crippen LogP contribution >= 0.6 is 0 Å². The Labute approximate surface area is 147 Å². The number of carboxylic acids is 1. The van der Waals surface area contributed by atoms with Crippen molar-refractivity contribution in [3.8, 4) is 0 Å². The number of rotatable bonds is 10. The highest BCUT2D eigenvalue weighted by Crippen LogP contribution is 2.08. The molecule has 0 saturated carbocycles. The number of hydrogen-bond acceptors (Lipinski definition) is 4. The summed E-state index contributed by atoms with van der Waals surface area (Å²) in [6.07, 6.45) is 1.23. The minimum absolute atomic E-state index is 0.0339. The summed E-state index contributed by atoms with van der Waals surface area (Å²) >= 11 is 0. The molecular weight excluding hydrogens is 318 g/mol. The lowest BCUT2D eigenvalue weighted by molar-refractivity contribution is -0.148. The molecule has 2 rings (SSSR count). The first-order valence-electron chi connectivity index (χ1n) is 8.35. The second-order valence-corrected chi connectivity index (χ2v) is 5.77. The Morgan fingerprint density at radius 3 is 2.16 bits per heavy atom. The van der Waals surface area contributed by atoms with Crippen LogP contribution in [0.4, 0.5) is 0 Å². The number of carbonyl (C=O) groups excluding carboxylic acids is 1. The summed E-state index contributed by atoms with van der Waals surface area (Å²) in [5.41, 5.74) is 2.05. The Hall–Kier alpha value is -2.66. The normalized spacial score (nSPS) is 11.7. The predicted molar refractivity (Wildman–Crippen MR) is 95.0 cm³/mol. The Morgan fingerprint density at radius 2 is 1.56 bits per heavy atom. The number of nitrogens with one attached hydrogen (secondary N) is 1. The molecule has 132 valence electrons. The third-order valence-corrected chi connectivity index (χ3v) is 3.80. The Bertz CT molecular complexity index is 658. The monoisotopic (exact) mass is 341 g/mol. The van der Waals surface area contributed by atoms with Crippen molar-refractivity contribution in [1.82, 2.24) is 5.32 Å². The summed E-state index contributed by atoms with van der Waals surface area (Å²) in [5, 5.41) is 11.8. The Balaban J connectivity index is 1.89. The molecule has 2 aromatic rings. The van der Waals surface area contributed by atoms with Gasteiger partial charge in [-0.15, -0.1) is 0 Å². The van der Waals surface area contributed by atoms with E-state index in [1.54, 1.807) is 0 Å². The summed E-state index contributed by atoms with van der Waals surface area (Å²) in [5.74, 6) is -1.25. The fraction of sp³-hybridized carbons (Fsp3) is 0.300. The zero-order valence-corrected chi connectivity index (χ0v) is 14.1. The van der Waals surface area contributed by atoms with Crippen LogP contribution in [0.3, 0.4) is 0 Å². The largest absolute Gasteiger partial charge is 0.481 e. The molecule has 0 radical (unpaired) electrons. The van der Waals surface area contributed by atoms with Gasteiger partial charge in [-0.05, 0) is 24.0 Å². The lowest BCUT2D eigenvalue weighted by Gasteiger charge is -2.17. The van der Waals surface area contributed by atoms with E-state index in [9.17, 15) is 9.59 Å². The van der Waals surface area contributed by atoms with Gasteiger partial charge in [0.25, 0.3) is 0 Å². The van der Waals surface area contributed by atoms with Crippen molar-refractivity contribution in [2.24, 2.45) is 0 Å². The van der Waals surface area contributed by atoms with Gasteiger partial charge in [0.2, 0.25) is 0 Å². The summed E-state index contributed by atoms with van der Waals surface area (Å²) in [6, 6.07) is 18.8. The van der Waals surface area contributed by atoms with Gasteiger partial charge < -0.3 is 15.2 Å². The van der Waals surface area contributed by atoms with E-state index < -0.39 is 12.0 Å². The van der Waals surface area contributed by atoms with Crippen LogP contribution < -0.4 is 5.32 Å². The van der Waals surface area contributed by atoms with Crippen molar-refractivity contribution < 1.29 is 19.4 Å². The number of aryl methyl sites for hydroxylation is 1. The van der Waals surface area contributed by atoms with Crippen molar-refractivity contribution in [3.63, 3.8) is 0 Å². The van der Waals surface area contributed by atoms with Crippen LogP contribution in [-0.2, 0) is 27.4 Å². The highest BCUT2D eigenvalue weighted by molar-refractivity contribution is 5.76. The van der Waals surface area contributed by atoms with Crippen LogP contribution in [0.1, 0.15) is 24.0 Å². The van der Waals surface area contributed by atoms with Crippen molar-refractivity contribution in [3.05, 3.63) is 71.8 Å². The standard InChI is InChI=1S/C20H23NO4/c22-19(23)13-14-21-18(12-11-16-7-3-1-4-8-16)20(24)25-15-17-9-5-2-6-10-17/h1-10,18,21H,11-15H2,(H,22,23)/t18-/m1/s1. The molecule has 0 aliphatic carbocycles. The molecule has 0 aliphatic heterocycles. The fourth-order valence-corrected chi connectivity index (χ4v) is 2.44. The van der Waals surface area contributed by atoms with Crippen molar-refractivity contribution >= 4 is 11.9 Å². The molecule has 0 bridgehead atoms. The van der Waals surface area contributed by atoms with E-state index in [4.69, 9.17) is 9.84 Å². The maximum absolute atomic E-state index is 12.4. The van der Waals surface area contributed by atoms with Crippen molar-refractivity contribution in [2.75, 3.05) is 6.54 Å². The maximum Gasteiger partial charge on any atom is 0.323 e. The highest BCUT2D eigenvalue weighted by atomic mass is 16.5. The second kappa shape index (κ2) is 10.3. The number of esters is 1. The van der Waals surface area contributed by atoms with Gasteiger partial charge in [0.1, 0.15) is 12.6 Å². The first kappa shape index (κ1) is 18.7. The van der Waals surface area contributed by atoms with E-state index >= 15 is 0 Å². The van der Waals surface area contributed by atoms with Crippen LogP contribution in [0.25, 0.3) is 0 Å². The van der Waals surface area contributed by atoms with Crippen LogP contribution in [0.2, 0.25) is 0 Å². The number of benzene rings is 2. The Kier molecular flexibility index (Phi) is 7.66.